The van der Waals surface area contributed by atoms with Crippen LogP contribution >= 0.6 is 0 Å². The second kappa shape index (κ2) is 7.42. The minimum absolute atomic E-state index is 0.0371. The van der Waals surface area contributed by atoms with Gasteiger partial charge in [-0.25, -0.2) is 8.42 Å². The van der Waals surface area contributed by atoms with Crippen LogP contribution in [0.25, 0.3) is 22.2 Å². The number of nitrogens with two attached hydrogens (primary N) is 1. The van der Waals surface area contributed by atoms with E-state index >= 15 is 0 Å². The van der Waals surface area contributed by atoms with E-state index in [1.165, 1.54) is 0 Å². The fraction of sp³-hybridized carbons (Fsp3) is 0.208. The van der Waals surface area contributed by atoms with Crippen LogP contribution in [-0.2, 0) is 9.84 Å². The number of primary amides is 1. The van der Waals surface area contributed by atoms with Crippen molar-refractivity contribution < 1.29 is 17.6 Å². The lowest BCUT2D eigenvalue weighted by atomic mass is 9.88. The topological polar surface area (TPSA) is 106 Å². The first-order valence-electron chi connectivity index (χ1n) is 10.2. The number of nitrogens with one attached hydrogen (secondary N) is 1. The van der Waals surface area contributed by atoms with Crippen LogP contribution in [-0.4, -0.2) is 25.1 Å². The van der Waals surface area contributed by atoms with Gasteiger partial charge >= 0.3 is 0 Å². The third-order valence-electron chi connectivity index (χ3n) is 6.19. The molecular weight excluding hydrogens is 412 g/mol. The molecule has 2 atom stereocenters. The summed E-state index contributed by atoms with van der Waals surface area (Å²) in [4.78, 5) is 15.3. The van der Waals surface area contributed by atoms with E-state index in [2.05, 4.69) is 4.98 Å². The maximum absolute atomic E-state index is 12.8. The molecule has 5 rings (SSSR count). The number of carbonyl (C=O) groups excluding carboxylic acids is 1. The molecule has 0 saturated carbocycles. The molecule has 0 aliphatic carbocycles. The van der Waals surface area contributed by atoms with E-state index in [1.54, 1.807) is 18.4 Å². The normalized spacial score (nSPS) is 20.6. The van der Waals surface area contributed by atoms with Crippen LogP contribution in [0.1, 0.15) is 45.5 Å². The molecular formula is C24H22N2O4S. The minimum Gasteiger partial charge on any atom is -0.464 e. The third-order valence-corrected chi connectivity index (χ3v) is 8.32. The average molecular weight is 435 g/mol. The molecule has 1 aliphatic heterocycles. The van der Waals surface area contributed by atoms with Crippen molar-refractivity contribution in [2.45, 2.75) is 24.0 Å². The Morgan fingerprint density at radius 2 is 1.90 bits per heavy atom. The van der Waals surface area contributed by atoms with E-state index in [-0.39, 0.29) is 11.7 Å². The first-order chi connectivity index (χ1) is 14.9. The van der Waals surface area contributed by atoms with Crippen molar-refractivity contribution in [1.29, 1.82) is 0 Å². The van der Waals surface area contributed by atoms with Crippen LogP contribution in [0, 0.1) is 0 Å². The summed E-state index contributed by atoms with van der Waals surface area (Å²) in [7, 11) is -3.22. The molecule has 31 heavy (non-hydrogen) atoms. The summed E-state index contributed by atoms with van der Waals surface area (Å²) in [5, 5.41) is 0.333. The zero-order chi connectivity index (χ0) is 21.6. The first-order valence-corrected chi connectivity index (χ1v) is 11.9. The van der Waals surface area contributed by atoms with Crippen LogP contribution < -0.4 is 5.73 Å². The quantitative estimate of drug-likeness (QED) is 0.491. The minimum atomic E-state index is -3.22. The number of hydrogen-bond acceptors (Lipinski definition) is 4. The number of carbonyl (C=O) groups is 1. The standard InChI is InChI=1S/C24H22N2O4S/c25-24(27)19-12-17(21-7-4-9-30-21)11-18-20(14-26-23(18)19)16-8-10-31(28,29)22(13-16)15-5-2-1-3-6-15/h1-7,9,11-12,14,16,22,26H,8,10,13H2,(H2,25,27)/t16-,22+/m0/s1. The van der Waals surface area contributed by atoms with Crippen molar-refractivity contribution in [3.05, 3.63) is 83.7 Å². The van der Waals surface area contributed by atoms with Crippen LogP contribution in [0.3, 0.4) is 0 Å². The summed E-state index contributed by atoms with van der Waals surface area (Å²) in [5.74, 6) is 0.282. The summed E-state index contributed by atoms with van der Waals surface area (Å²) in [6, 6.07) is 16.7. The summed E-state index contributed by atoms with van der Waals surface area (Å²) >= 11 is 0. The van der Waals surface area contributed by atoms with Crippen LogP contribution in [0.15, 0.2) is 71.5 Å². The van der Waals surface area contributed by atoms with Gasteiger partial charge in [-0.05, 0) is 54.2 Å². The average Bonchev–Trinajstić information content (AvgIpc) is 3.44. The number of aromatic nitrogens is 1. The van der Waals surface area contributed by atoms with Crippen LogP contribution in [0.5, 0.6) is 0 Å². The zero-order valence-corrected chi connectivity index (χ0v) is 17.6. The Balaban J connectivity index is 1.61. The molecule has 0 spiro atoms. The van der Waals surface area contributed by atoms with Gasteiger partial charge in [0.2, 0.25) is 0 Å². The molecule has 2 aromatic heterocycles. The number of rotatable bonds is 4. The Hall–Kier alpha value is -3.32. The van der Waals surface area contributed by atoms with Crippen molar-refractivity contribution in [2.75, 3.05) is 5.75 Å². The summed E-state index contributed by atoms with van der Waals surface area (Å²) < 4.78 is 31.2. The Bertz CT molecular complexity index is 1360. The van der Waals surface area contributed by atoms with Crippen LogP contribution in [0.2, 0.25) is 0 Å². The number of hydrogen-bond donors (Lipinski definition) is 2. The monoisotopic (exact) mass is 434 g/mol. The van der Waals surface area contributed by atoms with Crippen molar-refractivity contribution in [3.63, 3.8) is 0 Å². The number of H-pyrrole nitrogens is 1. The number of aromatic amines is 1. The van der Waals surface area contributed by atoms with E-state index in [9.17, 15) is 13.2 Å². The Morgan fingerprint density at radius 3 is 2.61 bits per heavy atom. The smallest absolute Gasteiger partial charge is 0.250 e. The summed E-state index contributed by atoms with van der Waals surface area (Å²) in [6.45, 7) is 0. The number of furan rings is 1. The largest absolute Gasteiger partial charge is 0.464 e. The van der Waals surface area contributed by atoms with Gasteiger partial charge in [0.1, 0.15) is 5.76 Å². The number of sulfone groups is 1. The molecule has 0 unspecified atom stereocenters. The fourth-order valence-corrected chi connectivity index (χ4v) is 6.63. The summed E-state index contributed by atoms with van der Waals surface area (Å²) in [5.41, 5.74) is 9.29. The molecule has 4 aromatic rings. The Labute approximate surface area is 180 Å². The van der Waals surface area contributed by atoms with Gasteiger partial charge in [0.15, 0.2) is 9.84 Å². The number of benzene rings is 2. The van der Waals surface area contributed by atoms with Gasteiger partial charge in [-0.1, -0.05) is 30.3 Å². The van der Waals surface area contributed by atoms with E-state index in [0.29, 0.717) is 29.7 Å². The van der Waals surface area contributed by atoms with E-state index in [4.69, 9.17) is 10.2 Å². The number of amides is 1. The lowest BCUT2D eigenvalue weighted by Crippen LogP contribution is -2.26. The molecule has 1 fully saturated rings. The van der Waals surface area contributed by atoms with Gasteiger partial charge in [-0.2, -0.15) is 0 Å². The predicted molar refractivity (Wildman–Crippen MR) is 119 cm³/mol. The van der Waals surface area contributed by atoms with E-state index in [0.717, 1.165) is 22.1 Å². The molecule has 1 saturated heterocycles. The molecule has 0 bridgehead atoms. The maximum Gasteiger partial charge on any atom is 0.250 e. The van der Waals surface area contributed by atoms with Gasteiger partial charge in [-0.15, -0.1) is 0 Å². The lowest BCUT2D eigenvalue weighted by molar-refractivity contribution is 0.100. The van der Waals surface area contributed by atoms with Gasteiger partial charge < -0.3 is 15.1 Å². The highest BCUT2D eigenvalue weighted by molar-refractivity contribution is 7.91. The third kappa shape index (κ3) is 3.45. The second-order valence-corrected chi connectivity index (χ2v) is 10.3. The highest BCUT2D eigenvalue weighted by Gasteiger charge is 2.36. The van der Waals surface area contributed by atoms with Gasteiger partial charge in [0.25, 0.3) is 5.91 Å². The van der Waals surface area contributed by atoms with Gasteiger partial charge in [0.05, 0.1) is 28.3 Å². The fourth-order valence-electron chi connectivity index (χ4n) is 4.64. The molecule has 7 heteroatoms. The first kappa shape index (κ1) is 19.6. The second-order valence-electron chi connectivity index (χ2n) is 8.02. The van der Waals surface area contributed by atoms with Crippen LogP contribution in [0.4, 0.5) is 0 Å². The molecule has 1 amide bonds. The van der Waals surface area contributed by atoms with Crippen molar-refractivity contribution in [3.8, 4) is 11.3 Å². The van der Waals surface area contributed by atoms with Crippen molar-refractivity contribution >= 4 is 26.6 Å². The molecule has 2 aromatic carbocycles. The molecule has 3 heterocycles. The van der Waals surface area contributed by atoms with E-state index in [1.807, 2.05) is 48.7 Å². The Morgan fingerprint density at radius 1 is 1.10 bits per heavy atom. The van der Waals surface area contributed by atoms with E-state index < -0.39 is 21.0 Å². The maximum atomic E-state index is 12.8. The molecule has 0 radical (unpaired) electrons. The Kier molecular flexibility index (Phi) is 4.70. The van der Waals surface area contributed by atoms with Gasteiger partial charge in [0, 0.05) is 17.1 Å². The highest BCUT2D eigenvalue weighted by atomic mass is 32.2. The lowest BCUT2D eigenvalue weighted by Gasteiger charge is -2.29. The molecule has 158 valence electrons. The van der Waals surface area contributed by atoms with Crippen molar-refractivity contribution in [2.24, 2.45) is 5.73 Å². The van der Waals surface area contributed by atoms with Gasteiger partial charge in [-0.3, -0.25) is 4.79 Å². The summed E-state index contributed by atoms with van der Waals surface area (Å²) in [6.07, 6.45) is 4.50. The zero-order valence-electron chi connectivity index (χ0n) is 16.7. The number of fused-ring (bicyclic) bond motifs is 1. The highest BCUT2D eigenvalue weighted by Crippen LogP contribution is 2.44. The molecule has 3 N–H and O–H groups in total. The predicted octanol–water partition coefficient (Wildman–Crippen LogP) is 4.56. The van der Waals surface area contributed by atoms with Crippen molar-refractivity contribution in [1.82, 2.24) is 4.98 Å². The molecule has 6 nitrogen and oxygen atoms in total. The SMILES string of the molecule is NC(=O)c1cc(-c2ccco2)cc2c([C@H]3CCS(=O)(=O)[C@@H](c4ccccc4)C3)c[nH]c12. The molecule has 1 aliphatic rings.